The van der Waals surface area contributed by atoms with E-state index in [1.165, 1.54) is 34.5 Å². The van der Waals surface area contributed by atoms with Gasteiger partial charge in [-0.05, 0) is 29.5 Å². The van der Waals surface area contributed by atoms with Crippen LogP contribution in [0.5, 0.6) is 23.0 Å². The van der Waals surface area contributed by atoms with E-state index in [-0.39, 0.29) is 5.75 Å². The van der Waals surface area contributed by atoms with Crippen LogP contribution >= 0.6 is 7.82 Å². The highest BCUT2D eigenvalue weighted by molar-refractivity contribution is 7.46. The molecule has 0 radical (unpaired) electrons. The number of phosphoric acid groups is 1. The first-order valence-corrected chi connectivity index (χ1v) is 10.0. The zero-order chi connectivity index (χ0) is 21.9. The van der Waals surface area contributed by atoms with E-state index in [2.05, 4.69) is 10.3 Å². The van der Waals surface area contributed by atoms with Gasteiger partial charge in [-0.1, -0.05) is 17.0 Å². The second-order valence-electron chi connectivity index (χ2n) is 5.83. The lowest BCUT2D eigenvalue weighted by Gasteiger charge is -2.15. The number of phosphoric ester groups is 1. The molecular weight excluding hydrogens is 417 g/mol. The smallest absolute Gasteiger partial charge is 0.493 e. The number of nitrogens with zero attached hydrogens (tertiary/aromatic N) is 3. The zero-order valence-electron chi connectivity index (χ0n) is 16.6. The van der Waals surface area contributed by atoms with E-state index in [1.54, 1.807) is 30.3 Å². The van der Waals surface area contributed by atoms with Crippen molar-refractivity contribution in [1.29, 1.82) is 0 Å². The number of para-hydroxylation sites is 1. The van der Waals surface area contributed by atoms with Crippen LogP contribution in [0.3, 0.4) is 0 Å². The van der Waals surface area contributed by atoms with Gasteiger partial charge in [-0.3, -0.25) is 9.79 Å². The Morgan fingerprint density at radius 2 is 1.57 bits per heavy atom. The van der Waals surface area contributed by atoms with E-state index in [4.69, 9.17) is 23.6 Å². The molecule has 0 fully saturated rings. The Morgan fingerprint density at radius 1 is 0.933 bits per heavy atom. The van der Waals surface area contributed by atoms with E-state index in [9.17, 15) is 14.4 Å². The highest BCUT2D eigenvalue weighted by atomic mass is 31.2. The molecular formula is C18H20N3O8P. The maximum Gasteiger partial charge on any atom is 0.524 e. The Kier molecular flexibility index (Phi) is 6.16. The minimum atomic E-state index is -4.81. The van der Waals surface area contributed by atoms with E-state index < -0.39 is 7.82 Å². The van der Waals surface area contributed by atoms with Gasteiger partial charge in [-0.25, -0.2) is 4.57 Å². The summed E-state index contributed by atoms with van der Waals surface area (Å²) in [5, 5.41) is 8.12. The molecule has 0 amide bonds. The van der Waals surface area contributed by atoms with Crippen LogP contribution in [0, 0.1) is 0 Å². The second kappa shape index (κ2) is 8.62. The molecule has 0 saturated carbocycles. The van der Waals surface area contributed by atoms with E-state index >= 15 is 0 Å². The molecule has 0 spiro atoms. The number of methoxy groups -OCH3 is 3. The van der Waals surface area contributed by atoms with Gasteiger partial charge < -0.3 is 23.6 Å². The van der Waals surface area contributed by atoms with Gasteiger partial charge in [0.15, 0.2) is 11.5 Å². The molecule has 2 N–H and O–H groups in total. The van der Waals surface area contributed by atoms with E-state index in [0.29, 0.717) is 39.8 Å². The molecule has 0 bridgehead atoms. The largest absolute Gasteiger partial charge is 0.524 e. The predicted octanol–water partition coefficient (Wildman–Crippen LogP) is 2.17. The summed E-state index contributed by atoms with van der Waals surface area (Å²) in [5.41, 5.74) is 1.47. The molecule has 160 valence electrons. The Labute approximate surface area is 171 Å². The molecule has 11 nitrogen and oxygen atoms in total. The minimum absolute atomic E-state index is 0.0693. The molecule has 30 heavy (non-hydrogen) atoms. The number of hydrogen-bond acceptors (Lipinski definition) is 8. The Bertz CT molecular complexity index is 1070. The lowest BCUT2D eigenvalue weighted by atomic mass is 10.0. The average Bonchev–Trinajstić information content (AvgIpc) is 3.15. The fraction of sp³-hybridized carbons (Fsp3) is 0.222. The quantitative estimate of drug-likeness (QED) is 0.505. The van der Waals surface area contributed by atoms with Gasteiger partial charge in [0.1, 0.15) is 24.2 Å². The molecule has 0 aliphatic heterocycles. The average molecular weight is 437 g/mol. The van der Waals surface area contributed by atoms with Crippen LogP contribution in [0.4, 0.5) is 0 Å². The Morgan fingerprint density at radius 3 is 2.10 bits per heavy atom. The number of aromatic nitrogens is 3. The van der Waals surface area contributed by atoms with Crippen LogP contribution in [0.1, 0.15) is 0 Å². The first-order valence-electron chi connectivity index (χ1n) is 8.48. The predicted molar refractivity (Wildman–Crippen MR) is 106 cm³/mol. The van der Waals surface area contributed by atoms with E-state index in [1.807, 2.05) is 0 Å². The summed E-state index contributed by atoms with van der Waals surface area (Å²) in [5.74, 6) is 1.11. The first-order chi connectivity index (χ1) is 14.3. The normalized spacial score (nSPS) is 11.1. The summed E-state index contributed by atoms with van der Waals surface area (Å²) in [6, 6.07) is 9.60. The number of benzene rings is 2. The molecule has 12 heteroatoms. The molecule has 0 aliphatic rings. The monoisotopic (exact) mass is 437 g/mol. The fourth-order valence-corrected chi connectivity index (χ4v) is 3.32. The third-order valence-corrected chi connectivity index (χ3v) is 4.55. The van der Waals surface area contributed by atoms with Gasteiger partial charge in [0.2, 0.25) is 5.75 Å². The fourth-order valence-electron chi connectivity index (χ4n) is 2.91. The summed E-state index contributed by atoms with van der Waals surface area (Å²) in [6.45, 7) is 0. The van der Waals surface area contributed by atoms with Crippen molar-refractivity contribution in [1.82, 2.24) is 15.2 Å². The Hall–Kier alpha value is -3.27. The van der Waals surface area contributed by atoms with E-state index in [0.717, 1.165) is 4.85 Å². The van der Waals surface area contributed by atoms with Gasteiger partial charge >= 0.3 is 7.82 Å². The van der Waals surface area contributed by atoms with Crippen molar-refractivity contribution in [2.75, 3.05) is 28.4 Å². The van der Waals surface area contributed by atoms with Crippen molar-refractivity contribution < 1.29 is 37.9 Å². The van der Waals surface area contributed by atoms with Gasteiger partial charge in [0.05, 0.1) is 21.3 Å². The van der Waals surface area contributed by atoms with Crippen LogP contribution in [0.25, 0.3) is 22.5 Å². The molecule has 1 aromatic heterocycles. The molecule has 3 aromatic rings. The van der Waals surface area contributed by atoms with Crippen LogP contribution < -0.4 is 23.6 Å². The molecule has 0 aliphatic carbocycles. The van der Waals surface area contributed by atoms with Crippen LogP contribution in [0.15, 0.2) is 36.4 Å². The summed E-state index contributed by atoms with van der Waals surface area (Å²) < 4.78 is 32.4. The first kappa shape index (κ1) is 21.4. The number of hydrogen-bond donors (Lipinski definition) is 2. The molecule has 1 heterocycles. The highest BCUT2D eigenvalue weighted by Gasteiger charge is 2.26. The van der Waals surface area contributed by atoms with Crippen LogP contribution in [-0.4, -0.2) is 53.4 Å². The third kappa shape index (κ3) is 4.18. The standard InChI is InChI=1S/C18H20N3O8P/c1-25-14-9-11(10-15(26-2)18(14)27-3)16-17(21(28-4)20-19-16)12-7-5-6-8-13(12)29-30(22,23)24/h5-10H,1-4H3,(H2,22,23,24). The topological polar surface area (TPSA) is 134 Å². The molecule has 0 unspecified atom stereocenters. The van der Waals surface area contributed by atoms with Crippen molar-refractivity contribution in [2.45, 2.75) is 0 Å². The summed E-state index contributed by atoms with van der Waals surface area (Å²) in [7, 11) is 1.02. The maximum absolute atomic E-state index is 11.4. The van der Waals surface area contributed by atoms with Crippen molar-refractivity contribution >= 4 is 7.82 Å². The lowest BCUT2D eigenvalue weighted by molar-refractivity contribution is 0.133. The number of rotatable bonds is 8. The molecule has 2 aromatic carbocycles. The minimum Gasteiger partial charge on any atom is -0.493 e. The van der Waals surface area contributed by atoms with Gasteiger partial charge in [-0.15, -0.1) is 5.10 Å². The summed E-state index contributed by atoms with van der Waals surface area (Å²) in [4.78, 5) is 24.9. The summed E-state index contributed by atoms with van der Waals surface area (Å²) in [6.07, 6.45) is 0. The Balaban J connectivity index is 2.26. The third-order valence-electron chi connectivity index (χ3n) is 4.11. The molecule has 0 saturated heterocycles. The molecule has 0 atom stereocenters. The van der Waals surface area contributed by atoms with Crippen molar-refractivity contribution in [2.24, 2.45) is 0 Å². The van der Waals surface area contributed by atoms with Crippen molar-refractivity contribution in [3.8, 4) is 45.5 Å². The maximum atomic E-state index is 11.4. The van der Waals surface area contributed by atoms with Gasteiger partial charge in [-0.2, -0.15) is 0 Å². The van der Waals surface area contributed by atoms with Crippen LogP contribution in [-0.2, 0) is 4.57 Å². The zero-order valence-corrected chi connectivity index (χ0v) is 17.5. The molecule has 3 rings (SSSR count). The lowest BCUT2D eigenvalue weighted by Crippen LogP contribution is -2.10. The van der Waals surface area contributed by atoms with Crippen LogP contribution in [0.2, 0.25) is 0 Å². The van der Waals surface area contributed by atoms with Gasteiger partial charge in [0.25, 0.3) is 0 Å². The summed E-state index contributed by atoms with van der Waals surface area (Å²) >= 11 is 0. The van der Waals surface area contributed by atoms with Gasteiger partial charge in [0, 0.05) is 11.1 Å². The van der Waals surface area contributed by atoms with Crippen molar-refractivity contribution in [3.63, 3.8) is 0 Å². The second-order valence-corrected chi connectivity index (χ2v) is 7.00. The number of ether oxygens (including phenoxy) is 3. The van der Waals surface area contributed by atoms with Crippen molar-refractivity contribution in [3.05, 3.63) is 36.4 Å². The highest BCUT2D eigenvalue weighted by Crippen LogP contribution is 2.46. The SMILES string of the molecule is COc1cc(-c2nnn(OC)c2-c2ccccc2OP(=O)(O)O)cc(OC)c1OC.